The fourth-order valence-corrected chi connectivity index (χ4v) is 2.15. The molecule has 2 aromatic carbocycles. The molecule has 3 rings (SSSR count). The molecular weight excluding hydrogens is 244 g/mol. The number of hydrogen-bond donors (Lipinski definition) is 0. The SMILES string of the molecule is COc1cc(OC)c2c(=O)c3ccccc3oc2c1. The van der Waals surface area contributed by atoms with Crippen LogP contribution in [0.15, 0.2) is 45.6 Å². The third-order valence-corrected chi connectivity index (χ3v) is 3.07. The molecule has 0 radical (unpaired) electrons. The normalized spacial score (nSPS) is 10.8. The lowest BCUT2D eigenvalue weighted by molar-refractivity contribution is 0.396. The Morgan fingerprint density at radius 1 is 1.00 bits per heavy atom. The van der Waals surface area contributed by atoms with Gasteiger partial charge >= 0.3 is 0 Å². The largest absolute Gasteiger partial charge is 0.496 e. The van der Waals surface area contributed by atoms with Crippen LogP contribution in [0.25, 0.3) is 21.9 Å². The molecule has 1 heterocycles. The number of ether oxygens (including phenoxy) is 2. The van der Waals surface area contributed by atoms with E-state index in [1.807, 2.05) is 6.07 Å². The molecule has 0 atom stereocenters. The van der Waals surface area contributed by atoms with Crippen molar-refractivity contribution in [3.63, 3.8) is 0 Å². The minimum absolute atomic E-state index is 0.101. The van der Waals surface area contributed by atoms with Crippen LogP contribution >= 0.6 is 0 Å². The van der Waals surface area contributed by atoms with Gasteiger partial charge in [0, 0.05) is 12.1 Å². The van der Waals surface area contributed by atoms with Crippen molar-refractivity contribution in [1.82, 2.24) is 0 Å². The van der Waals surface area contributed by atoms with Gasteiger partial charge in [-0.3, -0.25) is 4.79 Å². The Labute approximate surface area is 109 Å². The van der Waals surface area contributed by atoms with E-state index < -0.39 is 0 Å². The van der Waals surface area contributed by atoms with E-state index in [1.165, 1.54) is 7.11 Å². The summed E-state index contributed by atoms with van der Waals surface area (Å²) in [4.78, 5) is 12.5. The van der Waals surface area contributed by atoms with Crippen LogP contribution in [0.4, 0.5) is 0 Å². The van der Waals surface area contributed by atoms with Crippen LogP contribution in [0.2, 0.25) is 0 Å². The van der Waals surface area contributed by atoms with Crippen molar-refractivity contribution >= 4 is 21.9 Å². The van der Waals surface area contributed by atoms with Crippen molar-refractivity contribution in [3.8, 4) is 11.5 Å². The van der Waals surface area contributed by atoms with Gasteiger partial charge < -0.3 is 13.9 Å². The molecule has 0 aliphatic carbocycles. The first-order valence-electron chi connectivity index (χ1n) is 5.82. The maximum absolute atomic E-state index is 12.5. The summed E-state index contributed by atoms with van der Waals surface area (Å²) in [6.45, 7) is 0. The van der Waals surface area contributed by atoms with Gasteiger partial charge in [0.2, 0.25) is 5.43 Å². The molecule has 0 aliphatic rings. The molecule has 0 spiro atoms. The molecule has 4 heteroatoms. The maximum Gasteiger partial charge on any atom is 0.204 e. The Kier molecular flexibility index (Phi) is 2.63. The molecule has 0 aliphatic heterocycles. The van der Waals surface area contributed by atoms with Gasteiger partial charge in [-0.1, -0.05) is 12.1 Å². The van der Waals surface area contributed by atoms with Crippen molar-refractivity contribution in [2.45, 2.75) is 0 Å². The molecule has 0 N–H and O–H groups in total. The molecule has 0 saturated carbocycles. The average molecular weight is 256 g/mol. The highest BCUT2D eigenvalue weighted by Gasteiger charge is 2.13. The topological polar surface area (TPSA) is 48.7 Å². The number of fused-ring (bicyclic) bond motifs is 2. The third-order valence-electron chi connectivity index (χ3n) is 3.07. The summed E-state index contributed by atoms with van der Waals surface area (Å²) in [7, 11) is 3.07. The van der Waals surface area contributed by atoms with Crippen LogP contribution in [0.5, 0.6) is 11.5 Å². The highest BCUT2D eigenvalue weighted by Crippen LogP contribution is 2.30. The summed E-state index contributed by atoms with van der Waals surface area (Å²) in [5.74, 6) is 1.04. The second kappa shape index (κ2) is 4.31. The molecular formula is C15H12O4. The molecule has 0 unspecified atom stereocenters. The second-order valence-corrected chi connectivity index (χ2v) is 4.13. The lowest BCUT2D eigenvalue weighted by atomic mass is 10.1. The number of benzene rings is 2. The van der Waals surface area contributed by atoms with Crippen molar-refractivity contribution < 1.29 is 13.9 Å². The summed E-state index contributed by atoms with van der Waals surface area (Å²) in [6.07, 6.45) is 0. The number of methoxy groups -OCH3 is 2. The summed E-state index contributed by atoms with van der Waals surface area (Å²) in [6, 6.07) is 10.5. The van der Waals surface area contributed by atoms with Gasteiger partial charge in [0.05, 0.1) is 19.6 Å². The van der Waals surface area contributed by atoms with E-state index >= 15 is 0 Å². The third kappa shape index (κ3) is 1.73. The summed E-state index contributed by atoms with van der Waals surface area (Å²) >= 11 is 0. The Hall–Kier alpha value is -2.49. The monoisotopic (exact) mass is 256 g/mol. The molecule has 3 aromatic rings. The quantitative estimate of drug-likeness (QED) is 0.661. The van der Waals surface area contributed by atoms with Gasteiger partial charge in [0.15, 0.2) is 0 Å². The Morgan fingerprint density at radius 3 is 2.53 bits per heavy atom. The van der Waals surface area contributed by atoms with E-state index in [0.717, 1.165) is 0 Å². The van der Waals surface area contributed by atoms with Crippen LogP contribution in [0.1, 0.15) is 0 Å². The number of hydrogen-bond acceptors (Lipinski definition) is 4. The molecule has 0 bridgehead atoms. The summed E-state index contributed by atoms with van der Waals surface area (Å²) in [5.41, 5.74) is 0.909. The average Bonchev–Trinajstić information content (AvgIpc) is 2.46. The van der Waals surface area contributed by atoms with E-state index in [9.17, 15) is 4.79 Å². The first-order chi connectivity index (χ1) is 9.24. The van der Waals surface area contributed by atoms with Gasteiger partial charge in [-0.05, 0) is 12.1 Å². The van der Waals surface area contributed by atoms with Gasteiger partial charge in [-0.25, -0.2) is 0 Å². The van der Waals surface area contributed by atoms with Crippen LogP contribution in [0, 0.1) is 0 Å². The molecule has 0 fully saturated rings. The van der Waals surface area contributed by atoms with Crippen molar-refractivity contribution in [3.05, 3.63) is 46.6 Å². The molecule has 1 aromatic heterocycles. The fourth-order valence-electron chi connectivity index (χ4n) is 2.15. The Bertz CT molecular complexity index is 817. The zero-order valence-electron chi connectivity index (χ0n) is 10.6. The first kappa shape index (κ1) is 11.6. The van der Waals surface area contributed by atoms with Crippen molar-refractivity contribution in [2.24, 2.45) is 0 Å². The van der Waals surface area contributed by atoms with E-state index in [-0.39, 0.29) is 5.43 Å². The molecule has 0 saturated heterocycles. The van der Waals surface area contributed by atoms with Crippen LogP contribution in [-0.2, 0) is 0 Å². The van der Waals surface area contributed by atoms with Crippen LogP contribution < -0.4 is 14.9 Å². The first-order valence-corrected chi connectivity index (χ1v) is 5.82. The minimum Gasteiger partial charge on any atom is -0.496 e. The van der Waals surface area contributed by atoms with Crippen LogP contribution in [-0.4, -0.2) is 14.2 Å². The fraction of sp³-hybridized carbons (Fsp3) is 0.133. The van der Waals surface area contributed by atoms with E-state index in [4.69, 9.17) is 13.9 Å². The zero-order chi connectivity index (χ0) is 13.4. The lowest BCUT2D eigenvalue weighted by Crippen LogP contribution is -2.04. The summed E-state index contributed by atoms with van der Waals surface area (Å²) < 4.78 is 16.2. The van der Waals surface area contributed by atoms with Crippen molar-refractivity contribution in [1.29, 1.82) is 0 Å². The van der Waals surface area contributed by atoms with Crippen LogP contribution in [0.3, 0.4) is 0 Å². The highest BCUT2D eigenvalue weighted by atomic mass is 16.5. The lowest BCUT2D eigenvalue weighted by Gasteiger charge is -2.08. The number of rotatable bonds is 2. The predicted octanol–water partition coefficient (Wildman–Crippen LogP) is 2.96. The molecule has 19 heavy (non-hydrogen) atoms. The minimum atomic E-state index is -0.101. The smallest absolute Gasteiger partial charge is 0.204 e. The molecule has 4 nitrogen and oxygen atoms in total. The van der Waals surface area contributed by atoms with Gasteiger partial charge in [-0.2, -0.15) is 0 Å². The Balaban J connectivity index is 2.54. The molecule has 96 valence electrons. The van der Waals surface area contributed by atoms with E-state index in [1.54, 1.807) is 37.4 Å². The predicted molar refractivity (Wildman–Crippen MR) is 73.1 cm³/mol. The van der Waals surface area contributed by atoms with Gasteiger partial charge in [0.1, 0.15) is 28.1 Å². The van der Waals surface area contributed by atoms with E-state index in [0.29, 0.717) is 33.4 Å². The zero-order valence-corrected chi connectivity index (χ0v) is 10.6. The maximum atomic E-state index is 12.5. The Morgan fingerprint density at radius 2 is 1.79 bits per heavy atom. The second-order valence-electron chi connectivity index (χ2n) is 4.13. The highest BCUT2D eigenvalue weighted by molar-refractivity contribution is 5.93. The van der Waals surface area contributed by atoms with Gasteiger partial charge in [0.25, 0.3) is 0 Å². The summed E-state index contributed by atoms with van der Waals surface area (Å²) in [5, 5.41) is 0.973. The van der Waals surface area contributed by atoms with Gasteiger partial charge in [-0.15, -0.1) is 0 Å². The number of para-hydroxylation sites is 1. The van der Waals surface area contributed by atoms with E-state index in [2.05, 4.69) is 0 Å². The standard InChI is InChI=1S/C15H12O4/c1-17-9-7-12(18-2)14-13(8-9)19-11-6-4-3-5-10(11)15(14)16/h3-8H,1-2H3. The molecule has 0 amide bonds. The van der Waals surface area contributed by atoms with Crippen molar-refractivity contribution in [2.75, 3.05) is 14.2 Å².